The number of aromatic nitrogens is 3. The zero-order chi connectivity index (χ0) is 13.7. The Morgan fingerprint density at radius 2 is 2.26 bits per heavy atom. The Bertz CT molecular complexity index is 488. The van der Waals surface area contributed by atoms with Crippen LogP contribution in [0.1, 0.15) is 24.2 Å². The summed E-state index contributed by atoms with van der Waals surface area (Å²) in [6.45, 7) is 2.90. The molecule has 0 amide bonds. The van der Waals surface area contributed by atoms with Crippen molar-refractivity contribution in [2.75, 3.05) is 14.2 Å². The molecule has 0 saturated heterocycles. The summed E-state index contributed by atoms with van der Waals surface area (Å²) in [6, 6.07) is 4.19. The first kappa shape index (κ1) is 13.5. The molecular weight excluding hydrogens is 240 g/mol. The van der Waals surface area contributed by atoms with Crippen molar-refractivity contribution >= 4 is 0 Å². The van der Waals surface area contributed by atoms with E-state index in [1.54, 1.807) is 19.5 Å². The maximum atomic E-state index is 5.41. The molecule has 0 aliphatic rings. The largest absolute Gasteiger partial charge is 0.493 e. The molecule has 0 bridgehead atoms. The average molecular weight is 260 g/mol. The van der Waals surface area contributed by atoms with Gasteiger partial charge in [-0.25, -0.2) is 0 Å². The minimum atomic E-state index is 0.154. The van der Waals surface area contributed by atoms with Crippen LogP contribution in [0.5, 0.6) is 5.75 Å². The molecule has 19 heavy (non-hydrogen) atoms. The molecule has 0 saturated carbocycles. The molecular formula is C14H20N4O. The second kappa shape index (κ2) is 6.33. The first-order chi connectivity index (χ1) is 9.30. The molecule has 0 aliphatic heterocycles. The second-order valence-electron chi connectivity index (χ2n) is 4.32. The number of nitrogens with one attached hydrogen (secondary N) is 1. The normalized spacial score (nSPS) is 12.4. The molecule has 102 valence electrons. The number of methoxy groups -OCH3 is 1. The molecule has 5 nitrogen and oxygen atoms in total. The molecule has 5 heteroatoms. The Hall–Kier alpha value is -1.88. The fourth-order valence-electron chi connectivity index (χ4n) is 2.23. The van der Waals surface area contributed by atoms with Crippen molar-refractivity contribution in [3.05, 3.63) is 42.0 Å². The van der Waals surface area contributed by atoms with Gasteiger partial charge in [-0.2, -0.15) is 5.10 Å². The minimum Gasteiger partial charge on any atom is -0.493 e. The zero-order valence-corrected chi connectivity index (χ0v) is 11.6. The average Bonchev–Trinajstić information content (AvgIpc) is 2.88. The first-order valence-corrected chi connectivity index (χ1v) is 6.46. The SMILES string of the molecule is CCn1ncc(OC)c1C(Cc1cccnc1)NC. The van der Waals surface area contributed by atoms with Crippen LogP contribution in [0.15, 0.2) is 30.7 Å². The Balaban J connectivity index is 2.29. The van der Waals surface area contributed by atoms with Crippen molar-refractivity contribution in [3.8, 4) is 5.75 Å². The summed E-state index contributed by atoms with van der Waals surface area (Å²) in [7, 11) is 3.63. The van der Waals surface area contributed by atoms with Gasteiger partial charge < -0.3 is 10.1 Å². The highest BCUT2D eigenvalue weighted by molar-refractivity contribution is 5.30. The molecule has 0 fully saturated rings. The fourth-order valence-corrected chi connectivity index (χ4v) is 2.23. The van der Waals surface area contributed by atoms with Crippen molar-refractivity contribution in [2.24, 2.45) is 0 Å². The van der Waals surface area contributed by atoms with Gasteiger partial charge in [0.15, 0.2) is 5.75 Å². The molecule has 2 rings (SSSR count). The number of likely N-dealkylation sites (N-methyl/N-ethyl adjacent to an activating group) is 1. The standard InChI is InChI=1S/C14H20N4O/c1-4-18-14(13(19-3)10-17-18)12(15-2)8-11-6-5-7-16-9-11/h5-7,9-10,12,15H,4,8H2,1-3H3. The van der Waals surface area contributed by atoms with E-state index in [4.69, 9.17) is 4.74 Å². The quantitative estimate of drug-likeness (QED) is 0.860. The summed E-state index contributed by atoms with van der Waals surface area (Å²) >= 11 is 0. The van der Waals surface area contributed by atoms with Gasteiger partial charge in [-0.05, 0) is 32.0 Å². The lowest BCUT2D eigenvalue weighted by atomic mass is 10.0. The Morgan fingerprint density at radius 1 is 1.42 bits per heavy atom. The van der Waals surface area contributed by atoms with Crippen LogP contribution in [-0.4, -0.2) is 28.9 Å². The van der Waals surface area contributed by atoms with E-state index in [1.807, 2.05) is 24.0 Å². The first-order valence-electron chi connectivity index (χ1n) is 6.46. The van der Waals surface area contributed by atoms with Crippen molar-refractivity contribution in [1.82, 2.24) is 20.1 Å². The monoisotopic (exact) mass is 260 g/mol. The van der Waals surface area contributed by atoms with Gasteiger partial charge in [0.05, 0.1) is 25.0 Å². The third kappa shape index (κ3) is 2.93. The van der Waals surface area contributed by atoms with Crippen molar-refractivity contribution in [3.63, 3.8) is 0 Å². The second-order valence-corrected chi connectivity index (χ2v) is 4.32. The summed E-state index contributed by atoms with van der Waals surface area (Å²) in [5.74, 6) is 0.824. The van der Waals surface area contributed by atoms with Crippen LogP contribution < -0.4 is 10.1 Å². The highest BCUT2D eigenvalue weighted by atomic mass is 16.5. The van der Waals surface area contributed by atoms with Crippen LogP contribution >= 0.6 is 0 Å². The summed E-state index contributed by atoms with van der Waals surface area (Å²) in [6.07, 6.45) is 6.30. The molecule has 0 aliphatic carbocycles. The number of hydrogen-bond acceptors (Lipinski definition) is 4. The molecule has 2 heterocycles. The highest BCUT2D eigenvalue weighted by Crippen LogP contribution is 2.27. The van der Waals surface area contributed by atoms with Crippen LogP contribution in [-0.2, 0) is 13.0 Å². The summed E-state index contributed by atoms with van der Waals surface area (Å²) < 4.78 is 7.38. The number of aryl methyl sites for hydroxylation is 1. The molecule has 1 atom stereocenters. The van der Waals surface area contributed by atoms with E-state index >= 15 is 0 Å². The number of nitrogens with zero attached hydrogens (tertiary/aromatic N) is 3. The van der Waals surface area contributed by atoms with Gasteiger partial charge in [-0.1, -0.05) is 6.07 Å². The maximum absolute atomic E-state index is 5.41. The van der Waals surface area contributed by atoms with E-state index in [9.17, 15) is 0 Å². The summed E-state index contributed by atoms with van der Waals surface area (Å²) in [4.78, 5) is 4.16. The van der Waals surface area contributed by atoms with Crippen LogP contribution in [0.3, 0.4) is 0 Å². The Labute approximate surface area is 113 Å². The van der Waals surface area contributed by atoms with E-state index < -0.39 is 0 Å². The summed E-state index contributed by atoms with van der Waals surface area (Å²) in [5, 5.41) is 7.69. The topological polar surface area (TPSA) is 52.0 Å². The van der Waals surface area contributed by atoms with E-state index in [1.165, 1.54) is 5.56 Å². The van der Waals surface area contributed by atoms with Gasteiger partial charge in [0.1, 0.15) is 0 Å². The summed E-state index contributed by atoms with van der Waals surface area (Å²) in [5.41, 5.74) is 2.27. The Morgan fingerprint density at radius 3 is 2.84 bits per heavy atom. The van der Waals surface area contributed by atoms with Crippen molar-refractivity contribution in [1.29, 1.82) is 0 Å². The minimum absolute atomic E-state index is 0.154. The lowest BCUT2D eigenvalue weighted by Crippen LogP contribution is -2.23. The van der Waals surface area contributed by atoms with Crippen LogP contribution in [0.2, 0.25) is 0 Å². The van der Waals surface area contributed by atoms with Gasteiger partial charge in [-0.15, -0.1) is 0 Å². The molecule has 2 aromatic rings. The smallest absolute Gasteiger partial charge is 0.161 e. The van der Waals surface area contributed by atoms with E-state index in [-0.39, 0.29) is 6.04 Å². The number of rotatable bonds is 6. The fraction of sp³-hybridized carbons (Fsp3) is 0.429. The van der Waals surface area contributed by atoms with Crippen molar-refractivity contribution < 1.29 is 4.74 Å². The molecule has 0 aromatic carbocycles. The molecule has 1 N–H and O–H groups in total. The van der Waals surface area contributed by atoms with E-state index in [0.717, 1.165) is 24.4 Å². The molecule has 0 spiro atoms. The third-order valence-corrected chi connectivity index (χ3v) is 3.21. The van der Waals surface area contributed by atoms with Gasteiger partial charge in [-0.3, -0.25) is 9.67 Å². The third-order valence-electron chi connectivity index (χ3n) is 3.21. The predicted octanol–water partition coefficient (Wildman–Crippen LogP) is 1.81. The molecule has 2 aromatic heterocycles. The van der Waals surface area contributed by atoms with Gasteiger partial charge in [0, 0.05) is 18.9 Å². The molecule has 1 unspecified atom stereocenters. The maximum Gasteiger partial charge on any atom is 0.161 e. The number of ether oxygens (including phenoxy) is 1. The Kier molecular flexibility index (Phi) is 4.52. The van der Waals surface area contributed by atoms with Crippen LogP contribution in [0.25, 0.3) is 0 Å². The van der Waals surface area contributed by atoms with E-state index in [0.29, 0.717) is 0 Å². The lowest BCUT2D eigenvalue weighted by Gasteiger charge is -2.18. The van der Waals surface area contributed by atoms with Gasteiger partial charge in [0.2, 0.25) is 0 Å². The highest BCUT2D eigenvalue weighted by Gasteiger charge is 2.20. The zero-order valence-electron chi connectivity index (χ0n) is 11.6. The predicted molar refractivity (Wildman–Crippen MR) is 74.2 cm³/mol. The van der Waals surface area contributed by atoms with Crippen molar-refractivity contribution in [2.45, 2.75) is 25.9 Å². The van der Waals surface area contributed by atoms with Gasteiger partial charge >= 0.3 is 0 Å². The number of pyridine rings is 1. The number of hydrogen-bond donors (Lipinski definition) is 1. The molecule has 0 radical (unpaired) electrons. The van der Waals surface area contributed by atoms with Gasteiger partial charge in [0.25, 0.3) is 0 Å². The van der Waals surface area contributed by atoms with Crippen LogP contribution in [0, 0.1) is 0 Å². The van der Waals surface area contributed by atoms with E-state index in [2.05, 4.69) is 28.4 Å². The lowest BCUT2D eigenvalue weighted by molar-refractivity contribution is 0.394. The van der Waals surface area contributed by atoms with Crippen LogP contribution in [0.4, 0.5) is 0 Å².